The maximum absolute atomic E-state index is 11.8. The number of carbonyl (C=O) groups is 1. The fourth-order valence-electron chi connectivity index (χ4n) is 1.94. The van der Waals surface area contributed by atoms with Crippen LogP contribution in [0, 0.1) is 20.8 Å². The average Bonchev–Trinajstić information content (AvgIpc) is 2.67. The number of anilines is 1. The van der Waals surface area contributed by atoms with Crippen LogP contribution in [0.3, 0.4) is 0 Å². The summed E-state index contributed by atoms with van der Waals surface area (Å²) in [5.74, 6) is -0.00356. The minimum Gasteiger partial charge on any atom is -0.462 e. The van der Waals surface area contributed by atoms with E-state index in [0.717, 1.165) is 17.0 Å². The lowest BCUT2D eigenvalue weighted by molar-refractivity contribution is 0.0527. The number of hydrogen-bond acceptors (Lipinski definition) is 5. The van der Waals surface area contributed by atoms with Crippen molar-refractivity contribution in [3.8, 4) is 5.82 Å². The second-order valence-electron chi connectivity index (χ2n) is 4.52. The normalized spacial score (nSPS) is 10.6. The topological polar surface area (TPSA) is 83.0 Å². The second-order valence-corrected chi connectivity index (χ2v) is 4.52. The molecule has 0 aliphatic rings. The summed E-state index contributed by atoms with van der Waals surface area (Å²) >= 11 is 0. The molecule has 0 saturated heterocycles. The molecule has 6 nitrogen and oxygen atoms in total. The maximum Gasteiger partial charge on any atom is 0.340 e. The molecule has 0 atom stereocenters. The number of hydrogen-bond donors (Lipinski definition) is 1. The minimum atomic E-state index is -0.452. The molecular formula is C14H18N4O2. The maximum atomic E-state index is 11.8. The Morgan fingerprint density at radius 2 is 2.10 bits per heavy atom. The van der Waals surface area contributed by atoms with Crippen molar-refractivity contribution in [1.29, 1.82) is 0 Å². The SMILES string of the molecule is CCOC(=O)c1ccnc(-n2nc(C)c(C)c2C)c1N. The Bertz CT molecular complexity index is 661. The highest BCUT2D eigenvalue weighted by molar-refractivity contribution is 5.96. The summed E-state index contributed by atoms with van der Waals surface area (Å²) in [7, 11) is 0. The Kier molecular flexibility index (Phi) is 3.74. The first-order valence-electron chi connectivity index (χ1n) is 6.42. The number of aryl methyl sites for hydroxylation is 1. The Labute approximate surface area is 117 Å². The molecule has 0 spiro atoms. The zero-order valence-electron chi connectivity index (χ0n) is 12.1. The van der Waals surface area contributed by atoms with E-state index in [0.29, 0.717) is 18.0 Å². The van der Waals surface area contributed by atoms with E-state index in [1.807, 2.05) is 20.8 Å². The van der Waals surface area contributed by atoms with Crippen molar-refractivity contribution in [2.24, 2.45) is 0 Å². The molecule has 0 fully saturated rings. The van der Waals surface area contributed by atoms with E-state index >= 15 is 0 Å². The number of pyridine rings is 1. The number of esters is 1. The standard InChI is InChI=1S/C14H18N4O2/c1-5-20-14(19)11-6-7-16-13(12(11)15)18-10(4)8(2)9(3)17-18/h6-7H,5,15H2,1-4H3. The van der Waals surface area contributed by atoms with Gasteiger partial charge in [-0.15, -0.1) is 0 Å². The monoisotopic (exact) mass is 274 g/mol. The van der Waals surface area contributed by atoms with Gasteiger partial charge in [-0.25, -0.2) is 14.5 Å². The summed E-state index contributed by atoms with van der Waals surface area (Å²) in [5, 5.41) is 4.41. The van der Waals surface area contributed by atoms with Crippen LogP contribution in [0.4, 0.5) is 5.69 Å². The highest BCUT2D eigenvalue weighted by Crippen LogP contribution is 2.23. The van der Waals surface area contributed by atoms with Crippen molar-refractivity contribution in [1.82, 2.24) is 14.8 Å². The van der Waals surface area contributed by atoms with E-state index in [9.17, 15) is 4.79 Å². The van der Waals surface area contributed by atoms with Crippen LogP contribution < -0.4 is 5.73 Å². The van der Waals surface area contributed by atoms with Crippen LogP contribution in [0.25, 0.3) is 5.82 Å². The number of rotatable bonds is 3. The second kappa shape index (κ2) is 5.32. The van der Waals surface area contributed by atoms with Gasteiger partial charge < -0.3 is 10.5 Å². The summed E-state index contributed by atoms with van der Waals surface area (Å²) in [5.41, 5.74) is 9.56. The lowest BCUT2D eigenvalue weighted by atomic mass is 10.2. The van der Waals surface area contributed by atoms with Gasteiger partial charge in [0.25, 0.3) is 0 Å². The molecule has 0 amide bonds. The molecule has 2 heterocycles. The summed E-state index contributed by atoms with van der Waals surface area (Å²) in [6.07, 6.45) is 1.53. The predicted molar refractivity (Wildman–Crippen MR) is 75.9 cm³/mol. The number of ether oxygens (including phenoxy) is 1. The summed E-state index contributed by atoms with van der Waals surface area (Å²) < 4.78 is 6.64. The van der Waals surface area contributed by atoms with Crippen LogP contribution in [0.5, 0.6) is 0 Å². The van der Waals surface area contributed by atoms with Gasteiger partial charge in [0.05, 0.1) is 23.6 Å². The number of nitrogens with two attached hydrogens (primary N) is 1. The van der Waals surface area contributed by atoms with E-state index < -0.39 is 5.97 Å². The highest BCUT2D eigenvalue weighted by Gasteiger charge is 2.18. The van der Waals surface area contributed by atoms with Crippen molar-refractivity contribution in [3.63, 3.8) is 0 Å². The first-order chi connectivity index (χ1) is 9.47. The van der Waals surface area contributed by atoms with Crippen LogP contribution in [0.2, 0.25) is 0 Å². The molecule has 0 unspecified atom stereocenters. The van der Waals surface area contributed by atoms with Gasteiger partial charge in [0.15, 0.2) is 5.82 Å². The average molecular weight is 274 g/mol. The molecule has 0 saturated carbocycles. The lowest BCUT2D eigenvalue weighted by Gasteiger charge is -2.10. The van der Waals surface area contributed by atoms with Gasteiger partial charge in [0.1, 0.15) is 0 Å². The summed E-state index contributed by atoms with van der Waals surface area (Å²) in [4.78, 5) is 16.1. The molecule has 0 aromatic carbocycles. The van der Waals surface area contributed by atoms with E-state index in [1.54, 1.807) is 17.7 Å². The molecule has 2 rings (SSSR count). The molecule has 0 aliphatic carbocycles. The Morgan fingerprint density at radius 1 is 1.40 bits per heavy atom. The van der Waals surface area contributed by atoms with Gasteiger partial charge in [-0.05, 0) is 39.3 Å². The van der Waals surface area contributed by atoms with Crippen LogP contribution in [-0.2, 0) is 4.74 Å². The van der Waals surface area contributed by atoms with Gasteiger partial charge in [0.2, 0.25) is 0 Å². The van der Waals surface area contributed by atoms with Gasteiger partial charge >= 0.3 is 5.97 Å². The molecule has 106 valence electrons. The highest BCUT2D eigenvalue weighted by atomic mass is 16.5. The van der Waals surface area contributed by atoms with E-state index in [-0.39, 0.29) is 5.69 Å². The fraction of sp³-hybridized carbons (Fsp3) is 0.357. The van der Waals surface area contributed by atoms with Gasteiger partial charge in [-0.2, -0.15) is 5.10 Å². The molecular weight excluding hydrogens is 256 g/mol. The molecule has 2 aromatic heterocycles. The number of nitrogen functional groups attached to an aromatic ring is 1. The molecule has 0 bridgehead atoms. The molecule has 6 heteroatoms. The third-order valence-electron chi connectivity index (χ3n) is 3.32. The first kappa shape index (κ1) is 14.0. The largest absolute Gasteiger partial charge is 0.462 e. The van der Waals surface area contributed by atoms with E-state index in [1.165, 1.54) is 6.20 Å². The van der Waals surface area contributed by atoms with Gasteiger partial charge in [0, 0.05) is 11.9 Å². The third-order valence-corrected chi connectivity index (χ3v) is 3.32. The molecule has 2 aromatic rings. The minimum absolute atomic E-state index is 0.275. The molecule has 0 radical (unpaired) electrons. The van der Waals surface area contributed by atoms with Crippen molar-refractivity contribution in [2.45, 2.75) is 27.7 Å². The van der Waals surface area contributed by atoms with Gasteiger partial charge in [-0.1, -0.05) is 0 Å². The third kappa shape index (κ3) is 2.24. The van der Waals surface area contributed by atoms with Crippen LogP contribution in [-0.4, -0.2) is 27.3 Å². The lowest BCUT2D eigenvalue weighted by Crippen LogP contribution is -2.13. The van der Waals surface area contributed by atoms with Crippen LogP contribution >= 0.6 is 0 Å². The van der Waals surface area contributed by atoms with E-state index in [4.69, 9.17) is 10.5 Å². The number of carbonyl (C=O) groups excluding carboxylic acids is 1. The zero-order chi connectivity index (χ0) is 14.9. The van der Waals surface area contributed by atoms with Crippen molar-refractivity contribution in [2.75, 3.05) is 12.3 Å². The van der Waals surface area contributed by atoms with Crippen molar-refractivity contribution >= 4 is 11.7 Å². The Morgan fingerprint density at radius 3 is 2.65 bits per heavy atom. The first-order valence-corrected chi connectivity index (χ1v) is 6.42. The summed E-state index contributed by atoms with van der Waals surface area (Å²) in [6.45, 7) is 7.90. The zero-order valence-corrected chi connectivity index (χ0v) is 12.1. The Balaban J connectivity index is 2.56. The molecule has 20 heavy (non-hydrogen) atoms. The summed E-state index contributed by atoms with van der Waals surface area (Å²) in [6, 6.07) is 1.55. The fourth-order valence-corrected chi connectivity index (χ4v) is 1.94. The number of aromatic nitrogens is 3. The van der Waals surface area contributed by atoms with Gasteiger partial charge in [-0.3, -0.25) is 0 Å². The number of nitrogens with zero attached hydrogens (tertiary/aromatic N) is 3. The van der Waals surface area contributed by atoms with Crippen molar-refractivity contribution in [3.05, 3.63) is 34.8 Å². The smallest absolute Gasteiger partial charge is 0.340 e. The quantitative estimate of drug-likeness (QED) is 0.865. The molecule has 0 aliphatic heterocycles. The molecule has 2 N–H and O–H groups in total. The van der Waals surface area contributed by atoms with Crippen molar-refractivity contribution < 1.29 is 9.53 Å². The Hall–Kier alpha value is -2.37. The van der Waals surface area contributed by atoms with Crippen LogP contribution in [0.15, 0.2) is 12.3 Å². The van der Waals surface area contributed by atoms with E-state index in [2.05, 4.69) is 10.1 Å². The van der Waals surface area contributed by atoms with Crippen LogP contribution in [0.1, 0.15) is 34.2 Å². The predicted octanol–water partition coefficient (Wildman–Crippen LogP) is 1.95.